The highest BCUT2D eigenvalue weighted by Crippen LogP contribution is 2.24. The molecule has 0 fully saturated rings. The molecule has 0 saturated carbocycles. The molecule has 0 spiro atoms. The van der Waals surface area contributed by atoms with E-state index in [0.717, 1.165) is 5.56 Å². The molecule has 19 heavy (non-hydrogen) atoms. The van der Waals surface area contributed by atoms with Gasteiger partial charge in [0.2, 0.25) is 0 Å². The molecule has 0 aliphatic heterocycles. The molecule has 2 rings (SSSR count). The Kier molecular flexibility index (Phi) is 3.76. The van der Waals surface area contributed by atoms with Crippen molar-refractivity contribution in [3.05, 3.63) is 65.2 Å². The maximum absolute atomic E-state index is 13.7. The normalized spacial score (nSPS) is 11.7. The van der Waals surface area contributed by atoms with E-state index in [1.54, 1.807) is 6.07 Å². The van der Waals surface area contributed by atoms with Crippen molar-refractivity contribution in [3.63, 3.8) is 0 Å². The molecule has 96 valence electrons. The minimum absolute atomic E-state index is 0.0489. The third kappa shape index (κ3) is 2.71. The van der Waals surface area contributed by atoms with Crippen LogP contribution in [0.3, 0.4) is 0 Å². The zero-order chi connectivity index (χ0) is 13.8. The van der Waals surface area contributed by atoms with Crippen LogP contribution in [0.1, 0.15) is 24.1 Å². The highest BCUT2D eigenvalue weighted by molar-refractivity contribution is 5.51. The molecule has 2 aromatic carbocycles. The number of hydrogen-bond acceptors (Lipinski definition) is 2. The lowest BCUT2D eigenvalue weighted by Gasteiger charge is -2.16. The summed E-state index contributed by atoms with van der Waals surface area (Å²) in [5, 5.41) is 11.5. The molecular weight excluding hydrogens is 246 g/mol. The van der Waals surface area contributed by atoms with Gasteiger partial charge in [-0.05, 0) is 24.6 Å². The van der Waals surface area contributed by atoms with Crippen molar-refractivity contribution >= 4 is 5.69 Å². The molecular formula is C15H12F2N2. The molecule has 2 aromatic rings. The predicted octanol–water partition coefficient (Wildman–Crippen LogP) is 4.01. The topological polar surface area (TPSA) is 35.8 Å². The van der Waals surface area contributed by atoms with E-state index in [1.165, 1.54) is 12.1 Å². The van der Waals surface area contributed by atoms with Crippen molar-refractivity contribution < 1.29 is 8.78 Å². The average molecular weight is 258 g/mol. The number of hydrogen-bond donors (Lipinski definition) is 1. The molecule has 0 radical (unpaired) electrons. The highest BCUT2D eigenvalue weighted by Gasteiger charge is 2.15. The van der Waals surface area contributed by atoms with Gasteiger partial charge in [0.25, 0.3) is 0 Å². The van der Waals surface area contributed by atoms with E-state index in [4.69, 9.17) is 5.26 Å². The van der Waals surface area contributed by atoms with Gasteiger partial charge in [0.15, 0.2) is 11.6 Å². The first-order valence-electron chi connectivity index (χ1n) is 5.83. The van der Waals surface area contributed by atoms with Gasteiger partial charge >= 0.3 is 0 Å². The summed E-state index contributed by atoms with van der Waals surface area (Å²) >= 11 is 0. The van der Waals surface area contributed by atoms with Crippen LogP contribution < -0.4 is 5.32 Å². The van der Waals surface area contributed by atoms with Crippen LogP contribution in [0, 0.1) is 23.0 Å². The van der Waals surface area contributed by atoms with Gasteiger partial charge in [-0.2, -0.15) is 5.26 Å². The average Bonchev–Trinajstić information content (AvgIpc) is 2.45. The molecule has 0 bridgehead atoms. The van der Waals surface area contributed by atoms with E-state index < -0.39 is 11.6 Å². The van der Waals surface area contributed by atoms with Crippen LogP contribution in [0.15, 0.2) is 42.5 Å². The molecule has 0 heterocycles. The Morgan fingerprint density at radius 2 is 1.74 bits per heavy atom. The number of benzene rings is 2. The van der Waals surface area contributed by atoms with Crippen molar-refractivity contribution in [2.45, 2.75) is 13.0 Å². The zero-order valence-electron chi connectivity index (χ0n) is 10.3. The third-order valence-corrected chi connectivity index (χ3v) is 2.87. The standard InChI is InChI=1S/C15H12F2N2/c1-10(11-5-3-2-4-6-11)19-13-8-7-12(9-18)14(16)15(13)17/h2-8,10,19H,1H3. The van der Waals surface area contributed by atoms with E-state index in [2.05, 4.69) is 5.32 Å². The molecule has 1 N–H and O–H groups in total. The largest absolute Gasteiger partial charge is 0.376 e. The Hall–Kier alpha value is -2.41. The molecule has 0 aliphatic rings. The summed E-state index contributed by atoms with van der Waals surface area (Å²) in [4.78, 5) is 0. The molecule has 4 heteroatoms. The molecule has 1 unspecified atom stereocenters. The second kappa shape index (κ2) is 5.49. The fourth-order valence-electron chi connectivity index (χ4n) is 1.81. The van der Waals surface area contributed by atoms with Crippen molar-refractivity contribution in [1.29, 1.82) is 5.26 Å². The number of nitrogens with zero attached hydrogens (tertiary/aromatic N) is 1. The fraction of sp³-hybridized carbons (Fsp3) is 0.133. The second-order valence-electron chi connectivity index (χ2n) is 4.18. The summed E-state index contributed by atoms with van der Waals surface area (Å²) in [5.41, 5.74) is 0.718. The summed E-state index contributed by atoms with van der Waals surface area (Å²) in [6, 6.07) is 13.5. The van der Waals surface area contributed by atoms with Gasteiger partial charge in [0.1, 0.15) is 6.07 Å². The quantitative estimate of drug-likeness (QED) is 0.902. The highest BCUT2D eigenvalue weighted by atomic mass is 19.2. The van der Waals surface area contributed by atoms with Gasteiger partial charge in [0.05, 0.1) is 11.3 Å². The minimum atomic E-state index is -1.12. The molecule has 1 atom stereocenters. The Balaban J connectivity index is 2.26. The van der Waals surface area contributed by atoms with Gasteiger partial charge in [-0.3, -0.25) is 0 Å². The fourth-order valence-corrected chi connectivity index (χ4v) is 1.81. The van der Waals surface area contributed by atoms with E-state index in [-0.39, 0.29) is 17.3 Å². The van der Waals surface area contributed by atoms with Gasteiger partial charge in [0, 0.05) is 6.04 Å². The van der Waals surface area contributed by atoms with Crippen molar-refractivity contribution in [3.8, 4) is 6.07 Å². The van der Waals surface area contributed by atoms with E-state index in [9.17, 15) is 8.78 Å². The summed E-state index contributed by atoms with van der Waals surface area (Å²) in [6.07, 6.45) is 0. The molecule has 0 aliphatic carbocycles. The van der Waals surface area contributed by atoms with Crippen LogP contribution in [0.5, 0.6) is 0 Å². The summed E-state index contributed by atoms with van der Waals surface area (Å²) in [6.45, 7) is 1.85. The summed E-state index contributed by atoms with van der Waals surface area (Å²) in [7, 11) is 0. The minimum Gasteiger partial charge on any atom is -0.376 e. The van der Waals surface area contributed by atoms with E-state index in [1.807, 2.05) is 37.3 Å². The second-order valence-corrected chi connectivity index (χ2v) is 4.18. The van der Waals surface area contributed by atoms with Crippen molar-refractivity contribution in [2.75, 3.05) is 5.32 Å². The SMILES string of the molecule is CC(Nc1ccc(C#N)c(F)c1F)c1ccccc1. The van der Waals surface area contributed by atoms with E-state index in [0.29, 0.717) is 0 Å². The molecule has 0 amide bonds. The van der Waals surface area contributed by atoms with Gasteiger partial charge < -0.3 is 5.32 Å². The van der Waals surface area contributed by atoms with Gasteiger partial charge in [-0.15, -0.1) is 0 Å². The Bertz CT molecular complexity index is 618. The van der Waals surface area contributed by atoms with Gasteiger partial charge in [-0.1, -0.05) is 30.3 Å². The first-order valence-corrected chi connectivity index (χ1v) is 5.83. The smallest absolute Gasteiger partial charge is 0.183 e. The first-order chi connectivity index (χ1) is 9.13. The summed E-state index contributed by atoms with van der Waals surface area (Å²) < 4.78 is 27.2. The number of rotatable bonds is 3. The van der Waals surface area contributed by atoms with Crippen molar-refractivity contribution in [2.24, 2.45) is 0 Å². The van der Waals surface area contributed by atoms with Crippen LogP contribution in [0.2, 0.25) is 0 Å². The maximum atomic E-state index is 13.7. The molecule has 0 aromatic heterocycles. The van der Waals surface area contributed by atoms with Gasteiger partial charge in [-0.25, -0.2) is 8.78 Å². The predicted molar refractivity (Wildman–Crippen MR) is 69.6 cm³/mol. The van der Waals surface area contributed by atoms with Crippen LogP contribution in [-0.4, -0.2) is 0 Å². The Morgan fingerprint density at radius 3 is 2.37 bits per heavy atom. The zero-order valence-corrected chi connectivity index (χ0v) is 10.3. The van der Waals surface area contributed by atoms with Crippen LogP contribution in [-0.2, 0) is 0 Å². The Morgan fingerprint density at radius 1 is 1.05 bits per heavy atom. The van der Waals surface area contributed by atoms with Crippen LogP contribution in [0.4, 0.5) is 14.5 Å². The summed E-state index contributed by atoms with van der Waals surface area (Å²) in [5.74, 6) is -2.14. The Labute approximate surface area is 110 Å². The lowest BCUT2D eigenvalue weighted by molar-refractivity contribution is 0.507. The first kappa shape index (κ1) is 13.0. The molecule has 2 nitrogen and oxygen atoms in total. The monoisotopic (exact) mass is 258 g/mol. The number of halogens is 2. The van der Waals surface area contributed by atoms with Crippen LogP contribution in [0.25, 0.3) is 0 Å². The number of nitriles is 1. The lowest BCUT2D eigenvalue weighted by Crippen LogP contribution is -2.09. The third-order valence-electron chi connectivity index (χ3n) is 2.87. The maximum Gasteiger partial charge on any atom is 0.183 e. The van der Waals surface area contributed by atoms with Crippen molar-refractivity contribution in [1.82, 2.24) is 0 Å². The lowest BCUT2D eigenvalue weighted by atomic mass is 10.1. The number of nitrogens with one attached hydrogen (secondary N) is 1. The van der Waals surface area contributed by atoms with Crippen LogP contribution >= 0.6 is 0 Å². The number of anilines is 1. The van der Waals surface area contributed by atoms with E-state index >= 15 is 0 Å². The molecule has 0 saturated heterocycles.